The molecule has 9 heteroatoms. The summed E-state index contributed by atoms with van der Waals surface area (Å²) < 4.78 is 5.33. The molecule has 0 unspecified atom stereocenters. The normalized spacial score (nSPS) is 15.5. The SMILES string of the molecule is CN=C(NCCc1nc(-c2ccco2)n[nH]1)N1CCN(Cc2ccc(Cl)cc2)CC1. The second kappa shape index (κ2) is 9.77. The zero-order valence-corrected chi connectivity index (χ0v) is 17.8. The number of furan rings is 1. The number of aromatic nitrogens is 3. The molecule has 0 spiro atoms. The number of nitrogens with zero attached hydrogens (tertiary/aromatic N) is 5. The van der Waals surface area contributed by atoms with E-state index in [0.29, 0.717) is 11.6 Å². The van der Waals surface area contributed by atoms with E-state index in [0.717, 1.165) is 62.5 Å². The van der Waals surface area contributed by atoms with Gasteiger partial charge in [-0.2, -0.15) is 5.10 Å². The molecule has 0 amide bonds. The lowest BCUT2D eigenvalue weighted by atomic mass is 10.2. The van der Waals surface area contributed by atoms with E-state index in [1.807, 2.05) is 31.3 Å². The molecule has 2 aromatic heterocycles. The average molecular weight is 428 g/mol. The molecular formula is C21H26ClN7O. The Hall–Kier alpha value is -2.84. The molecule has 0 saturated carbocycles. The van der Waals surface area contributed by atoms with Crippen molar-refractivity contribution < 1.29 is 4.42 Å². The van der Waals surface area contributed by atoms with Crippen molar-refractivity contribution in [1.82, 2.24) is 30.3 Å². The van der Waals surface area contributed by atoms with Gasteiger partial charge in [-0.3, -0.25) is 15.0 Å². The van der Waals surface area contributed by atoms with Crippen LogP contribution in [0.5, 0.6) is 0 Å². The maximum absolute atomic E-state index is 5.98. The van der Waals surface area contributed by atoms with Crippen LogP contribution in [0.3, 0.4) is 0 Å². The maximum Gasteiger partial charge on any atom is 0.216 e. The highest BCUT2D eigenvalue weighted by Gasteiger charge is 2.19. The molecule has 0 radical (unpaired) electrons. The Morgan fingerprint density at radius 1 is 1.20 bits per heavy atom. The van der Waals surface area contributed by atoms with E-state index in [4.69, 9.17) is 16.0 Å². The van der Waals surface area contributed by atoms with Crippen LogP contribution in [0.15, 0.2) is 52.1 Å². The number of guanidine groups is 1. The topological polar surface area (TPSA) is 85.6 Å². The summed E-state index contributed by atoms with van der Waals surface area (Å²) in [4.78, 5) is 13.7. The van der Waals surface area contributed by atoms with Crippen LogP contribution in [0.2, 0.25) is 5.02 Å². The van der Waals surface area contributed by atoms with Crippen molar-refractivity contribution in [3.05, 3.63) is 59.1 Å². The number of hydrogen-bond donors (Lipinski definition) is 2. The molecule has 0 bridgehead atoms. The number of piperazine rings is 1. The first-order chi connectivity index (χ1) is 14.7. The number of rotatable bonds is 6. The molecule has 3 heterocycles. The highest BCUT2D eigenvalue weighted by atomic mass is 35.5. The second-order valence-electron chi connectivity index (χ2n) is 7.20. The van der Waals surface area contributed by atoms with Gasteiger partial charge in [-0.25, -0.2) is 4.98 Å². The number of nitrogens with one attached hydrogen (secondary N) is 2. The minimum atomic E-state index is 0.580. The molecule has 0 aliphatic carbocycles. The summed E-state index contributed by atoms with van der Waals surface area (Å²) in [6, 6.07) is 11.8. The van der Waals surface area contributed by atoms with Gasteiger partial charge in [-0.05, 0) is 29.8 Å². The zero-order valence-electron chi connectivity index (χ0n) is 17.0. The third kappa shape index (κ3) is 5.20. The number of aliphatic imine (C=N–C) groups is 1. The Bertz CT molecular complexity index is 944. The molecule has 1 fully saturated rings. The van der Waals surface area contributed by atoms with Crippen LogP contribution in [0.4, 0.5) is 0 Å². The van der Waals surface area contributed by atoms with Crippen LogP contribution < -0.4 is 5.32 Å². The Labute approximate surface area is 181 Å². The molecule has 1 aliphatic heterocycles. The summed E-state index contributed by atoms with van der Waals surface area (Å²) in [5.41, 5.74) is 1.29. The van der Waals surface area contributed by atoms with Crippen LogP contribution in [0, 0.1) is 0 Å². The van der Waals surface area contributed by atoms with Crippen molar-refractivity contribution in [2.45, 2.75) is 13.0 Å². The highest BCUT2D eigenvalue weighted by molar-refractivity contribution is 6.30. The Morgan fingerprint density at radius 3 is 2.70 bits per heavy atom. The van der Waals surface area contributed by atoms with Crippen molar-refractivity contribution in [3.63, 3.8) is 0 Å². The number of benzene rings is 1. The first kappa shape index (κ1) is 20.4. The quantitative estimate of drug-likeness (QED) is 0.464. The molecule has 1 saturated heterocycles. The minimum absolute atomic E-state index is 0.580. The predicted octanol–water partition coefficient (Wildman–Crippen LogP) is 2.65. The summed E-state index contributed by atoms with van der Waals surface area (Å²) in [5.74, 6) is 2.98. The fraction of sp³-hybridized carbons (Fsp3) is 0.381. The number of halogens is 1. The monoisotopic (exact) mass is 427 g/mol. The van der Waals surface area contributed by atoms with Gasteiger partial charge in [0.25, 0.3) is 0 Å². The van der Waals surface area contributed by atoms with Gasteiger partial charge in [-0.15, -0.1) is 0 Å². The van der Waals surface area contributed by atoms with Crippen molar-refractivity contribution in [2.75, 3.05) is 39.8 Å². The molecule has 30 heavy (non-hydrogen) atoms. The predicted molar refractivity (Wildman–Crippen MR) is 117 cm³/mol. The number of hydrogen-bond acceptors (Lipinski definition) is 5. The molecule has 1 aromatic carbocycles. The smallest absolute Gasteiger partial charge is 0.216 e. The van der Waals surface area contributed by atoms with Gasteiger partial charge < -0.3 is 14.6 Å². The van der Waals surface area contributed by atoms with Crippen molar-refractivity contribution in [2.24, 2.45) is 4.99 Å². The van der Waals surface area contributed by atoms with Gasteiger partial charge >= 0.3 is 0 Å². The molecule has 1 aliphatic rings. The largest absolute Gasteiger partial charge is 0.461 e. The van der Waals surface area contributed by atoms with Gasteiger partial charge in [0.05, 0.1) is 6.26 Å². The fourth-order valence-electron chi connectivity index (χ4n) is 3.51. The van der Waals surface area contributed by atoms with Gasteiger partial charge in [0, 0.05) is 57.8 Å². The van der Waals surface area contributed by atoms with Gasteiger partial charge in [0.2, 0.25) is 5.82 Å². The summed E-state index contributed by atoms with van der Waals surface area (Å²) in [6.45, 7) is 5.55. The van der Waals surface area contributed by atoms with Crippen LogP contribution in [-0.2, 0) is 13.0 Å². The van der Waals surface area contributed by atoms with E-state index in [-0.39, 0.29) is 0 Å². The van der Waals surface area contributed by atoms with Crippen molar-refractivity contribution in [1.29, 1.82) is 0 Å². The third-order valence-electron chi connectivity index (χ3n) is 5.12. The van der Waals surface area contributed by atoms with Crippen LogP contribution in [-0.4, -0.2) is 70.7 Å². The van der Waals surface area contributed by atoms with E-state index < -0.39 is 0 Å². The second-order valence-corrected chi connectivity index (χ2v) is 7.63. The molecule has 158 valence electrons. The first-order valence-electron chi connectivity index (χ1n) is 10.1. The standard InChI is InChI=1S/C21H26ClN7O/c1-23-21(24-9-8-19-25-20(27-26-19)18-3-2-14-30-18)29-12-10-28(11-13-29)15-16-4-6-17(22)7-5-16/h2-7,14H,8-13,15H2,1H3,(H,23,24)(H,25,26,27). The van der Waals surface area contributed by atoms with Gasteiger partial charge in [-0.1, -0.05) is 23.7 Å². The maximum atomic E-state index is 5.98. The van der Waals surface area contributed by atoms with E-state index >= 15 is 0 Å². The summed E-state index contributed by atoms with van der Waals surface area (Å²) in [6.07, 6.45) is 2.34. The highest BCUT2D eigenvalue weighted by Crippen LogP contribution is 2.15. The fourth-order valence-corrected chi connectivity index (χ4v) is 3.64. The number of aromatic amines is 1. The molecule has 0 atom stereocenters. The minimum Gasteiger partial charge on any atom is -0.461 e. The Balaban J connectivity index is 1.22. The van der Waals surface area contributed by atoms with Crippen LogP contribution in [0.25, 0.3) is 11.6 Å². The molecule has 2 N–H and O–H groups in total. The van der Waals surface area contributed by atoms with Gasteiger partial charge in [0.15, 0.2) is 11.7 Å². The average Bonchev–Trinajstić information content (AvgIpc) is 3.46. The van der Waals surface area contributed by atoms with Crippen LogP contribution in [0.1, 0.15) is 11.4 Å². The lowest BCUT2D eigenvalue weighted by Crippen LogP contribution is -2.52. The summed E-state index contributed by atoms with van der Waals surface area (Å²) in [5, 5.41) is 11.4. The van der Waals surface area contributed by atoms with E-state index in [1.54, 1.807) is 6.26 Å². The summed E-state index contributed by atoms with van der Waals surface area (Å²) in [7, 11) is 1.83. The molecule has 3 aromatic rings. The Morgan fingerprint density at radius 2 is 2.00 bits per heavy atom. The molecule has 8 nitrogen and oxygen atoms in total. The molecular weight excluding hydrogens is 402 g/mol. The Kier molecular flexibility index (Phi) is 6.66. The van der Waals surface area contributed by atoms with Crippen molar-refractivity contribution in [3.8, 4) is 11.6 Å². The van der Waals surface area contributed by atoms with Gasteiger partial charge in [0.1, 0.15) is 5.82 Å². The third-order valence-corrected chi connectivity index (χ3v) is 5.37. The zero-order chi connectivity index (χ0) is 20.8. The van der Waals surface area contributed by atoms with Crippen molar-refractivity contribution >= 4 is 17.6 Å². The van der Waals surface area contributed by atoms with Crippen LogP contribution >= 0.6 is 11.6 Å². The van der Waals surface area contributed by atoms with E-state index in [9.17, 15) is 0 Å². The van der Waals surface area contributed by atoms with E-state index in [2.05, 4.69) is 47.4 Å². The lowest BCUT2D eigenvalue weighted by molar-refractivity contribution is 0.172. The molecule has 4 rings (SSSR count). The summed E-state index contributed by atoms with van der Waals surface area (Å²) >= 11 is 5.98. The first-order valence-corrected chi connectivity index (χ1v) is 10.5. The lowest BCUT2D eigenvalue weighted by Gasteiger charge is -2.36. The number of H-pyrrole nitrogens is 1. The van der Waals surface area contributed by atoms with E-state index in [1.165, 1.54) is 5.56 Å².